The maximum atomic E-state index is 13.7. The number of fused-ring (bicyclic) bond motifs is 1. The van der Waals surface area contributed by atoms with Crippen LogP contribution in [0.2, 0.25) is 0 Å². The lowest BCUT2D eigenvalue weighted by Gasteiger charge is -2.06. The normalized spacial score (nSPS) is 14.5. The number of thiazole rings is 1. The standard InChI is InChI=1S/C16H17BrFN3OS/c17-10-7-8-12(11(18)9-10)19-15(22)21-16-20-13-5-3-1-2-4-6-14(13)23-16/h7-9H,1-6H2,(H2,19,20,21,22). The number of carbonyl (C=O) groups is 1. The number of amides is 2. The van der Waals surface area contributed by atoms with Gasteiger partial charge >= 0.3 is 6.03 Å². The van der Waals surface area contributed by atoms with Gasteiger partial charge in [0.25, 0.3) is 0 Å². The number of hydrogen-bond donors (Lipinski definition) is 2. The third-order valence-electron chi connectivity index (χ3n) is 3.75. The molecule has 0 saturated heterocycles. The van der Waals surface area contributed by atoms with E-state index < -0.39 is 11.8 Å². The van der Waals surface area contributed by atoms with E-state index in [2.05, 4.69) is 31.5 Å². The van der Waals surface area contributed by atoms with E-state index in [-0.39, 0.29) is 5.69 Å². The fourth-order valence-corrected chi connectivity index (χ4v) is 3.98. The lowest BCUT2D eigenvalue weighted by Crippen LogP contribution is -2.20. The number of anilines is 2. The largest absolute Gasteiger partial charge is 0.325 e. The third-order valence-corrected chi connectivity index (χ3v) is 5.31. The Balaban J connectivity index is 1.67. The minimum absolute atomic E-state index is 0.139. The van der Waals surface area contributed by atoms with Crippen LogP contribution >= 0.6 is 27.3 Å². The minimum Gasteiger partial charge on any atom is -0.305 e. The van der Waals surface area contributed by atoms with E-state index in [1.807, 2.05) is 0 Å². The summed E-state index contributed by atoms with van der Waals surface area (Å²) in [7, 11) is 0. The van der Waals surface area contributed by atoms with Gasteiger partial charge in [0.2, 0.25) is 0 Å². The lowest BCUT2D eigenvalue weighted by atomic mass is 10.0. The maximum absolute atomic E-state index is 13.7. The van der Waals surface area contributed by atoms with Crippen molar-refractivity contribution in [2.75, 3.05) is 10.6 Å². The summed E-state index contributed by atoms with van der Waals surface area (Å²) in [5.41, 5.74) is 1.24. The fourth-order valence-electron chi connectivity index (χ4n) is 2.60. The average Bonchev–Trinajstić information content (AvgIpc) is 2.83. The van der Waals surface area contributed by atoms with Crippen molar-refractivity contribution in [1.29, 1.82) is 0 Å². The van der Waals surface area contributed by atoms with Gasteiger partial charge in [0.15, 0.2) is 5.13 Å². The predicted molar refractivity (Wildman–Crippen MR) is 94.7 cm³/mol. The molecule has 1 aliphatic rings. The first-order valence-corrected chi connectivity index (χ1v) is 9.24. The Bertz CT molecular complexity index is 694. The molecule has 0 bridgehead atoms. The molecule has 0 atom stereocenters. The van der Waals surface area contributed by atoms with Gasteiger partial charge in [-0.05, 0) is 43.9 Å². The molecule has 2 N–H and O–H groups in total. The van der Waals surface area contributed by atoms with Crippen molar-refractivity contribution in [3.63, 3.8) is 0 Å². The number of carbonyl (C=O) groups excluding carboxylic acids is 1. The second-order valence-electron chi connectivity index (χ2n) is 5.51. The molecule has 1 aromatic heterocycles. The van der Waals surface area contributed by atoms with Gasteiger partial charge in [-0.1, -0.05) is 28.8 Å². The molecule has 0 fully saturated rings. The van der Waals surface area contributed by atoms with Crippen LogP contribution in [-0.4, -0.2) is 11.0 Å². The van der Waals surface area contributed by atoms with Crippen molar-refractivity contribution < 1.29 is 9.18 Å². The summed E-state index contributed by atoms with van der Waals surface area (Å²) in [5.74, 6) is -0.485. The Labute approximate surface area is 146 Å². The third kappa shape index (κ3) is 4.29. The Morgan fingerprint density at radius 2 is 1.96 bits per heavy atom. The minimum atomic E-state index is -0.485. The second-order valence-corrected chi connectivity index (χ2v) is 7.51. The molecule has 0 unspecified atom stereocenters. The van der Waals surface area contributed by atoms with Crippen LogP contribution in [0.4, 0.5) is 20.0 Å². The molecule has 122 valence electrons. The van der Waals surface area contributed by atoms with E-state index in [1.165, 1.54) is 47.6 Å². The Morgan fingerprint density at radius 3 is 2.74 bits per heavy atom. The molecule has 1 aromatic carbocycles. The Hall–Kier alpha value is -1.47. The monoisotopic (exact) mass is 397 g/mol. The number of benzene rings is 1. The van der Waals surface area contributed by atoms with Gasteiger partial charge < -0.3 is 5.32 Å². The van der Waals surface area contributed by atoms with Crippen LogP contribution in [0.15, 0.2) is 22.7 Å². The van der Waals surface area contributed by atoms with Gasteiger partial charge in [0.05, 0.1) is 11.4 Å². The van der Waals surface area contributed by atoms with Crippen molar-refractivity contribution in [2.45, 2.75) is 38.5 Å². The van der Waals surface area contributed by atoms with Crippen LogP contribution in [0.3, 0.4) is 0 Å². The van der Waals surface area contributed by atoms with Crippen LogP contribution in [0.5, 0.6) is 0 Å². The van der Waals surface area contributed by atoms with E-state index in [0.717, 1.165) is 25.0 Å². The number of nitrogens with zero attached hydrogens (tertiary/aromatic N) is 1. The van der Waals surface area contributed by atoms with Crippen molar-refractivity contribution in [2.24, 2.45) is 0 Å². The fraction of sp³-hybridized carbons (Fsp3) is 0.375. The highest BCUT2D eigenvalue weighted by molar-refractivity contribution is 9.10. The molecular weight excluding hydrogens is 381 g/mol. The molecule has 1 heterocycles. The molecule has 0 spiro atoms. The van der Waals surface area contributed by atoms with Crippen molar-refractivity contribution in [3.05, 3.63) is 39.1 Å². The van der Waals surface area contributed by atoms with Crippen LogP contribution in [0.1, 0.15) is 36.3 Å². The van der Waals surface area contributed by atoms with Crippen LogP contribution in [0, 0.1) is 5.82 Å². The quantitative estimate of drug-likeness (QED) is 0.717. The molecule has 23 heavy (non-hydrogen) atoms. The molecule has 4 nitrogen and oxygen atoms in total. The second kappa shape index (κ2) is 7.40. The van der Waals surface area contributed by atoms with Gasteiger partial charge in [0, 0.05) is 9.35 Å². The van der Waals surface area contributed by atoms with Crippen LogP contribution in [0.25, 0.3) is 0 Å². The number of aromatic nitrogens is 1. The topological polar surface area (TPSA) is 54.0 Å². The summed E-state index contributed by atoms with van der Waals surface area (Å²) in [6.07, 6.45) is 6.80. The SMILES string of the molecule is O=C(Nc1nc2c(s1)CCCCCC2)Nc1ccc(Br)cc1F. The summed E-state index contributed by atoms with van der Waals surface area (Å²) in [4.78, 5) is 17.8. The van der Waals surface area contributed by atoms with E-state index in [0.29, 0.717) is 9.60 Å². The predicted octanol–water partition coefficient (Wildman–Crippen LogP) is 5.35. The highest BCUT2D eigenvalue weighted by Gasteiger charge is 2.15. The smallest absolute Gasteiger partial charge is 0.305 e. The maximum Gasteiger partial charge on any atom is 0.325 e. The molecule has 0 radical (unpaired) electrons. The van der Waals surface area contributed by atoms with Crippen LogP contribution in [-0.2, 0) is 12.8 Å². The Morgan fingerprint density at radius 1 is 1.17 bits per heavy atom. The first-order chi connectivity index (χ1) is 11.1. The van der Waals surface area contributed by atoms with Crippen molar-refractivity contribution in [1.82, 2.24) is 4.98 Å². The highest BCUT2D eigenvalue weighted by atomic mass is 79.9. The zero-order valence-corrected chi connectivity index (χ0v) is 14.9. The molecule has 3 rings (SSSR count). The highest BCUT2D eigenvalue weighted by Crippen LogP contribution is 2.28. The van der Waals surface area contributed by atoms with Crippen molar-refractivity contribution >= 4 is 44.1 Å². The molecular formula is C16H17BrFN3OS. The lowest BCUT2D eigenvalue weighted by molar-refractivity contribution is 0.262. The van der Waals surface area contributed by atoms with Gasteiger partial charge in [-0.15, -0.1) is 11.3 Å². The molecule has 2 amide bonds. The summed E-state index contributed by atoms with van der Waals surface area (Å²) in [6.45, 7) is 0. The van der Waals surface area contributed by atoms with Gasteiger partial charge in [-0.2, -0.15) is 0 Å². The summed E-state index contributed by atoms with van der Waals surface area (Å²) >= 11 is 4.70. The van der Waals surface area contributed by atoms with E-state index in [4.69, 9.17) is 0 Å². The zero-order valence-electron chi connectivity index (χ0n) is 12.5. The first kappa shape index (κ1) is 16.4. The number of aryl methyl sites for hydroxylation is 2. The zero-order chi connectivity index (χ0) is 16.2. The summed E-state index contributed by atoms with van der Waals surface area (Å²) in [5, 5.41) is 5.80. The Kier molecular flexibility index (Phi) is 5.27. The van der Waals surface area contributed by atoms with Crippen molar-refractivity contribution in [3.8, 4) is 0 Å². The molecule has 2 aromatic rings. The number of hydrogen-bond acceptors (Lipinski definition) is 3. The van der Waals surface area contributed by atoms with E-state index >= 15 is 0 Å². The summed E-state index contributed by atoms with van der Waals surface area (Å²) < 4.78 is 14.4. The van der Waals surface area contributed by atoms with Gasteiger partial charge in [-0.25, -0.2) is 14.2 Å². The molecule has 7 heteroatoms. The number of urea groups is 1. The number of rotatable bonds is 2. The van der Waals surface area contributed by atoms with E-state index in [1.54, 1.807) is 6.07 Å². The first-order valence-electron chi connectivity index (χ1n) is 7.63. The molecule has 1 aliphatic carbocycles. The number of nitrogens with one attached hydrogen (secondary N) is 2. The summed E-state index contributed by atoms with van der Waals surface area (Å²) in [6, 6.07) is 4.02. The molecule has 0 saturated carbocycles. The van der Waals surface area contributed by atoms with Crippen LogP contribution < -0.4 is 10.6 Å². The van der Waals surface area contributed by atoms with Gasteiger partial charge in [0.1, 0.15) is 5.82 Å². The molecule has 0 aliphatic heterocycles. The average molecular weight is 398 g/mol. The van der Waals surface area contributed by atoms with Gasteiger partial charge in [-0.3, -0.25) is 5.32 Å². The van der Waals surface area contributed by atoms with E-state index in [9.17, 15) is 9.18 Å². The number of halogens is 2.